The fraction of sp³-hybridized carbons (Fsp3) is 0.967. The highest BCUT2D eigenvalue weighted by molar-refractivity contribution is 5.76. The van der Waals surface area contributed by atoms with Crippen LogP contribution < -0.4 is 0 Å². The molecule has 2 N–H and O–H groups in total. The number of fused-ring (bicyclic) bond motifs is 7. The molecule has 0 spiro atoms. The van der Waals surface area contributed by atoms with Gasteiger partial charge in [-0.15, -0.1) is 0 Å². The Kier molecular flexibility index (Phi) is 5.29. The second-order valence-electron chi connectivity index (χ2n) is 15.0. The van der Waals surface area contributed by atoms with Crippen molar-refractivity contribution in [2.45, 2.75) is 119 Å². The molecule has 1 unspecified atom stereocenters. The summed E-state index contributed by atoms with van der Waals surface area (Å²) in [5.74, 6) is 2.79. The number of carboxylic acids is 1. The molecule has 5 fully saturated rings. The number of aliphatic hydroxyl groups excluding tert-OH is 1. The summed E-state index contributed by atoms with van der Waals surface area (Å²) in [4.78, 5) is 12.8. The number of carboxylic acid groups (broad SMARTS) is 1. The molecule has 5 aliphatic carbocycles. The number of rotatable bonds is 2. The van der Waals surface area contributed by atoms with Crippen molar-refractivity contribution in [1.82, 2.24) is 0 Å². The van der Waals surface area contributed by atoms with Crippen LogP contribution in [0.4, 0.5) is 0 Å². The Bertz CT molecular complexity index is 817. The van der Waals surface area contributed by atoms with Crippen LogP contribution in [0.1, 0.15) is 113 Å². The van der Waals surface area contributed by atoms with Crippen LogP contribution in [0.5, 0.6) is 0 Å². The van der Waals surface area contributed by atoms with Crippen molar-refractivity contribution in [3.8, 4) is 0 Å². The second kappa shape index (κ2) is 7.23. The van der Waals surface area contributed by atoms with E-state index in [-0.39, 0.29) is 27.8 Å². The molecule has 5 aliphatic rings. The number of hydrogen-bond acceptors (Lipinski definition) is 2. The number of carbonyl (C=O) groups is 1. The highest BCUT2D eigenvalue weighted by Crippen LogP contribution is 2.77. The standard InChI is InChI=1S/C30H50O3/c1-18(2)19-10-15-30(25(32)33)17-16-28(6)20(24(19)30)8-9-22-27(5)13-12-23(31)26(3,4)21(27)11-14-29(22,28)7/h18-24,31H,8-17H2,1-7H3,(H,32,33)/t19-,20?,21-,22+,23-,24-,27-,28+,29+,30-/m0/s1. The SMILES string of the molecule is CC(C)[C@@H]1CC[C@]2(C(=O)O)CC[C@]3(C)C(CC[C@@H]4[C@@]5(C)CC[C@H](O)C(C)(C)[C@@H]5CC[C@]43C)[C@H]12. The van der Waals surface area contributed by atoms with Gasteiger partial charge in [0.05, 0.1) is 11.5 Å². The first kappa shape index (κ1) is 24.1. The molecule has 3 nitrogen and oxygen atoms in total. The lowest BCUT2D eigenvalue weighted by atomic mass is 9.32. The van der Waals surface area contributed by atoms with E-state index in [4.69, 9.17) is 0 Å². The van der Waals surface area contributed by atoms with Crippen molar-refractivity contribution in [3.05, 3.63) is 0 Å². The fourth-order valence-electron chi connectivity index (χ4n) is 11.8. The predicted octanol–water partition coefficient (Wildman–Crippen LogP) is 7.17. The van der Waals surface area contributed by atoms with Crippen LogP contribution in [-0.2, 0) is 4.79 Å². The van der Waals surface area contributed by atoms with Crippen LogP contribution in [0.15, 0.2) is 0 Å². The fourth-order valence-corrected chi connectivity index (χ4v) is 11.8. The second-order valence-corrected chi connectivity index (χ2v) is 15.0. The van der Waals surface area contributed by atoms with E-state index in [9.17, 15) is 15.0 Å². The minimum Gasteiger partial charge on any atom is -0.481 e. The summed E-state index contributed by atoms with van der Waals surface area (Å²) in [7, 11) is 0. The van der Waals surface area contributed by atoms with Gasteiger partial charge in [-0.2, -0.15) is 0 Å². The maximum Gasteiger partial charge on any atom is 0.309 e. The monoisotopic (exact) mass is 458 g/mol. The van der Waals surface area contributed by atoms with Crippen LogP contribution in [0.3, 0.4) is 0 Å². The zero-order valence-corrected chi connectivity index (χ0v) is 22.4. The van der Waals surface area contributed by atoms with Gasteiger partial charge >= 0.3 is 5.97 Å². The highest BCUT2D eigenvalue weighted by atomic mass is 16.4. The van der Waals surface area contributed by atoms with E-state index in [0.29, 0.717) is 35.5 Å². The van der Waals surface area contributed by atoms with Crippen molar-refractivity contribution in [2.24, 2.45) is 62.6 Å². The normalized spacial score (nSPS) is 55.3. The highest BCUT2D eigenvalue weighted by Gasteiger charge is 2.72. The topological polar surface area (TPSA) is 57.5 Å². The Labute approximate surface area is 202 Å². The van der Waals surface area contributed by atoms with Crippen LogP contribution in [0, 0.1) is 62.6 Å². The van der Waals surface area contributed by atoms with Crippen molar-refractivity contribution >= 4 is 5.97 Å². The van der Waals surface area contributed by atoms with Gasteiger partial charge in [0.1, 0.15) is 0 Å². The number of hydrogen-bond donors (Lipinski definition) is 2. The molecule has 188 valence electrons. The zero-order valence-electron chi connectivity index (χ0n) is 22.4. The van der Waals surface area contributed by atoms with Crippen molar-refractivity contribution in [1.29, 1.82) is 0 Å². The van der Waals surface area contributed by atoms with Crippen LogP contribution in [0.25, 0.3) is 0 Å². The van der Waals surface area contributed by atoms with Crippen molar-refractivity contribution < 1.29 is 15.0 Å². The Balaban J connectivity index is 1.56. The van der Waals surface area contributed by atoms with Crippen molar-refractivity contribution in [3.63, 3.8) is 0 Å². The lowest BCUT2D eigenvalue weighted by Gasteiger charge is -2.72. The first-order valence-corrected chi connectivity index (χ1v) is 14.2. The van der Waals surface area contributed by atoms with E-state index < -0.39 is 11.4 Å². The molecular weight excluding hydrogens is 408 g/mol. The van der Waals surface area contributed by atoms with Gasteiger partial charge in [0.25, 0.3) is 0 Å². The first-order valence-electron chi connectivity index (χ1n) is 14.2. The third-order valence-electron chi connectivity index (χ3n) is 13.7. The van der Waals surface area contributed by atoms with E-state index in [0.717, 1.165) is 38.5 Å². The maximum absolute atomic E-state index is 12.8. The molecule has 0 aromatic heterocycles. The largest absolute Gasteiger partial charge is 0.481 e. The molecule has 0 bridgehead atoms. The lowest BCUT2D eigenvalue weighted by Crippen LogP contribution is -2.67. The lowest BCUT2D eigenvalue weighted by molar-refractivity contribution is -0.249. The van der Waals surface area contributed by atoms with E-state index in [2.05, 4.69) is 48.5 Å². The summed E-state index contributed by atoms with van der Waals surface area (Å²) < 4.78 is 0. The van der Waals surface area contributed by atoms with Gasteiger partial charge in [-0.1, -0.05) is 48.5 Å². The van der Waals surface area contributed by atoms with Gasteiger partial charge in [-0.05, 0) is 121 Å². The first-order chi connectivity index (χ1) is 15.3. The summed E-state index contributed by atoms with van der Waals surface area (Å²) in [6, 6.07) is 0. The summed E-state index contributed by atoms with van der Waals surface area (Å²) in [5, 5.41) is 21.4. The van der Waals surface area contributed by atoms with Gasteiger partial charge in [-0.3, -0.25) is 4.79 Å². The minimum absolute atomic E-state index is 0.00863. The quantitative estimate of drug-likeness (QED) is 0.461. The zero-order chi connectivity index (χ0) is 24.2. The molecule has 0 saturated heterocycles. The third kappa shape index (κ3) is 2.81. The van der Waals surface area contributed by atoms with Gasteiger partial charge in [-0.25, -0.2) is 0 Å². The Morgan fingerprint density at radius 3 is 2.12 bits per heavy atom. The molecule has 3 heteroatoms. The Morgan fingerprint density at radius 2 is 1.48 bits per heavy atom. The third-order valence-corrected chi connectivity index (χ3v) is 13.7. The molecular formula is C30H50O3. The molecule has 0 radical (unpaired) electrons. The van der Waals surface area contributed by atoms with E-state index in [1.807, 2.05) is 0 Å². The van der Waals surface area contributed by atoms with E-state index >= 15 is 0 Å². The molecule has 5 saturated carbocycles. The molecule has 0 aromatic carbocycles. The van der Waals surface area contributed by atoms with E-state index in [1.54, 1.807) is 0 Å². The average Bonchev–Trinajstić information content (AvgIpc) is 3.13. The minimum atomic E-state index is -0.497. The Hall–Kier alpha value is -0.570. The van der Waals surface area contributed by atoms with Gasteiger partial charge < -0.3 is 10.2 Å². The number of aliphatic carboxylic acids is 1. The molecule has 0 amide bonds. The van der Waals surface area contributed by atoms with Crippen molar-refractivity contribution in [2.75, 3.05) is 0 Å². The molecule has 0 aromatic rings. The molecule has 33 heavy (non-hydrogen) atoms. The average molecular weight is 459 g/mol. The molecule has 5 rings (SSSR count). The molecule has 0 heterocycles. The van der Waals surface area contributed by atoms with E-state index in [1.165, 1.54) is 25.7 Å². The maximum atomic E-state index is 12.8. The van der Waals surface area contributed by atoms with Crippen LogP contribution in [0.2, 0.25) is 0 Å². The summed E-state index contributed by atoms with van der Waals surface area (Å²) in [6.07, 6.45) is 10.8. The number of aliphatic hydroxyl groups is 1. The van der Waals surface area contributed by atoms with Crippen LogP contribution >= 0.6 is 0 Å². The van der Waals surface area contributed by atoms with Gasteiger partial charge in [0.15, 0.2) is 0 Å². The Morgan fingerprint density at radius 1 is 0.788 bits per heavy atom. The van der Waals surface area contributed by atoms with Gasteiger partial charge in [0.2, 0.25) is 0 Å². The smallest absolute Gasteiger partial charge is 0.309 e. The van der Waals surface area contributed by atoms with Crippen LogP contribution in [-0.4, -0.2) is 22.3 Å². The van der Waals surface area contributed by atoms with Gasteiger partial charge in [0, 0.05) is 0 Å². The summed E-state index contributed by atoms with van der Waals surface area (Å²) >= 11 is 0. The predicted molar refractivity (Wildman–Crippen MR) is 133 cm³/mol. The summed E-state index contributed by atoms with van der Waals surface area (Å²) in [6.45, 7) is 17.1. The summed E-state index contributed by atoms with van der Waals surface area (Å²) in [5.41, 5.74) is 0.309. The molecule has 10 atom stereocenters. The molecule has 0 aliphatic heterocycles.